The minimum atomic E-state index is -0.934. The fourth-order valence-corrected chi connectivity index (χ4v) is 3.52. The van der Waals surface area contributed by atoms with Crippen LogP contribution >= 0.6 is 0 Å². The highest BCUT2D eigenvalue weighted by molar-refractivity contribution is 6.23. The van der Waals surface area contributed by atoms with Gasteiger partial charge in [0.25, 0.3) is 17.7 Å². The molecule has 0 bridgehead atoms. The molecule has 2 aromatic carbocycles. The van der Waals surface area contributed by atoms with Crippen molar-refractivity contribution in [3.63, 3.8) is 0 Å². The van der Waals surface area contributed by atoms with Crippen molar-refractivity contribution in [3.8, 4) is 5.75 Å². The van der Waals surface area contributed by atoms with E-state index in [4.69, 9.17) is 4.74 Å². The lowest BCUT2D eigenvalue weighted by molar-refractivity contribution is -0.123. The van der Waals surface area contributed by atoms with Crippen LogP contribution in [-0.4, -0.2) is 47.7 Å². The van der Waals surface area contributed by atoms with Gasteiger partial charge in [-0.15, -0.1) is 0 Å². The van der Waals surface area contributed by atoms with Gasteiger partial charge in [-0.1, -0.05) is 26.0 Å². The van der Waals surface area contributed by atoms with Crippen LogP contribution < -0.4 is 15.4 Å². The smallest absolute Gasteiger partial charge is 0.262 e. The maximum Gasteiger partial charge on any atom is 0.262 e. The summed E-state index contributed by atoms with van der Waals surface area (Å²) in [5, 5.41) is 5.43. The Labute approximate surface area is 186 Å². The number of amides is 4. The molecule has 0 saturated carbocycles. The third-order valence-electron chi connectivity index (χ3n) is 5.00. The van der Waals surface area contributed by atoms with E-state index in [1.54, 1.807) is 48.5 Å². The van der Waals surface area contributed by atoms with Gasteiger partial charge in [0.15, 0.2) is 6.61 Å². The van der Waals surface area contributed by atoms with E-state index in [0.29, 0.717) is 35.5 Å². The number of carbonyl (C=O) groups excluding carboxylic acids is 4. The van der Waals surface area contributed by atoms with Crippen molar-refractivity contribution in [1.82, 2.24) is 10.2 Å². The number of hydrogen-bond acceptors (Lipinski definition) is 5. The zero-order valence-electron chi connectivity index (χ0n) is 18.4. The molecule has 32 heavy (non-hydrogen) atoms. The first-order chi connectivity index (χ1) is 15.3. The third kappa shape index (κ3) is 5.14. The summed E-state index contributed by atoms with van der Waals surface area (Å²) in [6, 6.07) is 12.2. The minimum absolute atomic E-state index is 0.0834. The molecular formula is C24H27N3O5. The second-order valence-electron chi connectivity index (χ2n) is 7.93. The topological polar surface area (TPSA) is 105 Å². The lowest BCUT2D eigenvalue weighted by Gasteiger charge is -2.26. The van der Waals surface area contributed by atoms with E-state index >= 15 is 0 Å². The molecule has 8 nitrogen and oxygen atoms in total. The highest BCUT2D eigenvalue weighted by Gasteiger charge is 2.42. The van der Waals surface area contributed by atoms with Crippen LogP contribution in [0, 0.1) is 5.92 Å². The first-order valence-electron chi connectivity index (χ1n) is 10.6. The van der Waals surface area contributed by atoms with Crippen LogP contribution in [0.2, 0.25) is 0 Å². The number of fused-ring (bicyclic) bond motifs is 1. The number of carbonyl (C=O) groups is 4. The molecule has 0 fully saturated rings. The van der Waals surface area contributed by atoms with Crippen LogP contribution in [-0.2, 0) is 9.59 Å². The van der Waals surface area contributed by atoms with Crippen molar-refractivity contribution < 1.29 is 23.9 Å². The molecule has 0 aromatic heterocycles. The van der Waals surface area contributed by atoms with E-state index in [1.807, 2.05) is 20.8 Å². The molecule has 3 rings (SSSR count). The highest BCUT2D eigenvalue weighted by atomic mass is 16.5. The quantitative estimate of drug-likeness (QED) is 0.587. The standard InChI is InChI=1S/C24H27N3O5/c1-4-25-21(28)14-32-17-11-9-16(10-12-17)26-22(29)20(13-15(2)3)27-23(30)18-7-5-6-8-19(18)24(27)31/h5-12,15,20H,4,13-14H2,1-3H3,(H,25,28)(H,26,29). The van der Waals surface area contributed by atoms with Gasteiger partial charge < -0.3 is 15.4 Å². The molecule has 0 spiro atoms. The molecule has 2 N–H and O–H groups in total. The number of benzene rings is 2. The molecule has 168 valence electrons. The molecule has 0 radical (unpaired) electrons. The molecule has 1 aliphatic rings. The van der Waals surface area contributed by atoms with E-state index in [2.05, 4.69) is 10.6 Å². The van der Waals surface area contributed by atoms with Crippen LogP contribution in [0.15, 0.2) is 48.5 Å². The molecule has 0 saturated heterocycles. The number of hydrogen-bond donors (Lipinski definition) is 2. The Hall–Kier alpha value is -3.68. The molecule has 1 unspecified atom stereocenters. The van der Waals surface area contributed by atoms with Gasteiger partial charge in [-0.25, -0.2) is 0 Å². The van der Waals surface area contributed by atoms with Gasteiger partial charge >= 0.3 is 0 Å². The zero-order chi connectivity index (χ0) is 23.3. The fraction of sp³-hybridized carbons (Fsp3) is 0.333. The van der Waals surface area contributed by atoms with E-state index in [-0.39, 0.29) is 18.4 Å². The predicted octanol–water partition coefficient (Wildman–Crippen LogP) is 2.85. The van der Waals surface area contributed by atoms with Gasteiger partial charge in [0.2, 0.25) is 5.91 Å². The SMILES string of the molecule is CCNC(=O)COc1ccc(NC(=O)C(CC(C)C)N2C(=O)c3ccccc3C2=O)cc1. The Balaban J connectivity index is 1.71. The zero-order valence-corrected chi connectivity index (χ0v) is 18.4. The van der Waals surface area contributed by atoms with Crippen molar-refractivity contribution in [2.45, 2.75) is 33.2 Å². The molecule has 8 heteroatoms. The first kappa shape index (κ1) is 23.0. The number of anilines is 1. The van der Waals surface area contributed by atoms with Gasteiger partial charge in [-0.05, 0) is 55.7 Å². The van der Waals surface area contributed by atoms with Crippen molar-refractivity contribution in [2.24, 2.45) is 5.92 Å². The summed E-state index contributed by atoms with van der Waals surface area (Å²) in [6.45, 7) is 6.11. The van der Waals surface area contributed by atoms with Crippen molar-refractivity contribution in [1.29, 1.82) is 0 Å². The highest BCUT2D eigenvalue weighted by Crippen LogP contribution is 2.27. The van der Waals surface area contributed by atoms with Crippen LogP contribution in [0.5, 0.6) is 5.75 Å². The van der Waals surface area contributed by atoms with Gasteiger partial charge in [0.05, 0.1) is 11.1 Å². The Morgan fingerprint density at radius 2 is 1.56 bits per heavy atom. The number of imide groups is 1. The monoisotopic (exact) mass is 437 g/mol. The minimum Gasteiger partial charge on any atom is -0.484 e. The number of nitrogens with zero attached hydrogens (tertiary/aromatic N) is 1. The van der Waals surface area contributed by atoms with Crippen molar-refractivity contribution in [2.75, 3.05) is 18.5 Å². The van der Waals surface area contributed by atoms with Crippen LogP contribution in [0.25, 0.3) is 0 Å². The number of ether oxygens (including phenoxy) is 1. The predicted molar refractivity (Wildman–Crippen MR) is 119 cm³/mol. The first-order valence-corrected chi connectivity index (χ1v) is 10.6. The molecule has 1 heterocycles. The average molecular weight is 437 g/mol. The second kappa shape index (κ2) is 10.1. The normalized spacial score (nSPS) is 13.7. The molecule has 0 aliphatic carbocycles. The second-order valence-corrected chi connectivity index (χ2v) is 7.93. The van der Waals surface area contributed by atoms with Gasteiger partial charge in [0, 0.05) is 12.2 Å². The summed E-state index contributed by atoms with van der Waals surface area (Å²) in [4.78, 5) is 51.4. The van der Waals surface area contributed by atoms with E-state index in [0.717, 1.165) is 4.90 Å². The van der Waals surface area contributed by atoms with Crippen molar-refractivity contribution >= 4 is 29.3 Å². The Morgan fingerprint density at radius 3 is 2.09 bits per heavy atom. The van der Waals surface area contributed by atoms with Crippen LogP contribution in [0.3, 0.4) is 0 Å². The molecule has 4 amide bonds. The van der Waals surface area contributed by atoms with Gasteiger partial charge in [-0.2, -0.15) is 0 Å². The van der Waals surface area contributed by atoms with Crippen LogP contribution in [0.4, 0.5) is 5.69 Å². The maximum atomic E-state index is 13.1. The van der Waals surface area contributed by atoms with E-state index in [1.165, 1.54) is 0 Å². The summed E-state index contributed by atoms with van der Waals surface area (Å²) in [5.41, 5.74) is 1.12. The lowest BCUT2D eigenvalue weighted by atomic mass is 10.0. The van der Waals surface area contributed by atoms with E-state index in [9.17, 15) is 19.2 Å². The summed E-state index contributed by atoms with van der Waals surface area (Å²) in [6.07, 6.45) is 0.338. The Morgan fingerprint density at radius 1 is 0.969 bits per heavy atom. The molecule has 1 atom stereocenters. The van der Waals surface area contributed by atoms with Gasteiger partial charge in [-0.3, -0.25) is 24.1 Å². The molecular weight excluding hydrogens is 410 g/mol. The summed E-state index contributed by atoms with van der Waals surface area (Å²) < 4.78 is 5.40. The molecule has 1 aliphatic heterocycles. The maximum absolute atomic E-state index is 13.1. The van der Waals surface area contributed by atoms with Crippen LogP contribution in [0.1, 0.15) is 47.9 Å². The average Bonchev–Trinajstić information content (AvgIpc) is 3.02. The molecule has 2 aromatic rings. The fourth-order valence-electron chi connectivity index (χ4n) is 3.52. The number of nitrogens with one attached hydrogen (secondary N) is 2. The number of rotatable bonds is 9. The summed E-state index contributed by atoms with van der Waals surface area (Å²) in [7, 11) is 0. The third-order valence-corrected chi connectivity index (χ3v) is 5.00. The Bertz CT molecular complexity index is 982. The van der Waals surface area contributed by atoms with Gasteiger partial charge in [0.1, 0.15) is 11.8 Å². The Kier molecular flexibility index (Phi) is 7.25. The summed E-state index contributed by atoms with van der Waals surface area (Å²) >= 11 is 0. The lowest BCUT2D eigenvalue weighted by Crippen LogP contribution is -2.47. The van der Waals surface area contributed by atoms with E-state index < -0.39 is 23.8 Å². The summed E-state index contributed by atoms with van der Waals surface area (Å²) in [5.74, 6) is -1.01. The largest absolute Gasteiger partial charge is 0.484 e. The number of likely N-dealkylation sites (N-methyl/N-ethyl adjacent to an activating group) is 1. The van der Waals surface area contributed by atoms with Crippen molar-refractivity contribution in [3.05, 3.63) is 59.7 Å².